The largest absolute Gasteiger partial charge is 0.462 e. The Morgan fingerprint density at radius 2 is 1.68 bits per heavy atom. The number of carbonyl (C=O) groups is 3. The molecular formula is C24H38O7. The van der Waals surface area contributed by atoms with Crippen molar-refractivity contribution in [3.8, 4) is 0 Å². The lowest BCUT2D eigenvalue weighted by molar-refractivity contribution is -0.180. The molecule has 2 aliphatic carbocycles. The molecule has 2 N–H and O–H groups in total. The normalized spacial score (nSPS) is 38.8. The van der Waals surface area contributed by atoms with Gasteiger partial charge in [0.05, 0.1) is 11.5 Å². The number of rotatable bonds is 5. The zero-order valence-electron chi connectivity index (χ0n) is 20.0. The molecule has 6 atom stereocenters. The standard InChI is InChI=1S/C24H38O7/c1-9-15(6)21(27)31-19-18(25)23(8,28)12-16(30-20(26)13(2)3)17-22(19,7)10-11-24(17,29)14(4)5/h9,13-14,16-17,19,28-29H,10-12H2,1-8H3/b15-9-/t16-,17+,19+,22-,23-,24-/m1/s1. The fourth-order valence-corrected chi connectivity index (χ4v) is 5.13. The Morgan fingerprint density at radius 3 is 2.16 bits per heavy atom. The molecule has 2 saturated carbocycles. The predicted molar refractivity (Wildman–Crippen MR) is 115 cm³/mol. The molecule has 176 valence electrons. The summed E-state index contributed by atoms with van der Waals surface area (Å²) in [5.41, 5.74) is -3.81. The number of fused-ring (bicyclic) bond motifs is 1. The zero-order valence-corrected chi connectivity index (χ0v) is 20.0. The number of aliphatic hydroxyl groups is 2. The van der Waals surface area contributed by atoms with Crippen molar-refractivity contribution in [3.05, 3.63) is 11.6 Å². The average Bonchev–Trinajstić information content (AvgIpc) is 2.93. The van der Waals surface area contributed by atoms with Gasteiger partial charge in [-0.3, -0.25) is 9.59 Å². The first kappa shape index (κ1) is 25.5. The van der Waals surface area contributed by atoms with E-state index in [1.165, 1.54) is 6.92 Å². The Kier molecular flexibility index (Phi) is 7.13. The topological polar surface area (TPSA) is 110 Å². The van der Waals surface area contributed by atoms with Crippen LogP contribution in [0.2, 0.25) is 0 Å². The van der Waals surface area contributed by atoms with Crippen LogP contribution in [-0.2, 0) is 23.9 Å². The smallest absolute Gasteiger partial charge is 0.334 e. The number of hydrogen-bond acceptors (Lipinski definition) is 7. The van der Waals surface area contributed by atoms with E-state index >= 15 is 0 Å². The maximum absolute atomic E-state index is 13.4. The minimum absolute atomic E-state index is 0.170. The van der Waals surface area contributed by atoms with Gasteiger partial charge in [0, 0.05) is 23.3 Å². The molecule has 2 rings (SSSR count). The first-order valence-electron chi connectivity index (χ1n) is 11.1. The summed E-state index contributed by atoms with van der Waals surface area (Å²) in [7, 11) is 0. The van der Waals surface area contributed by atoms with Crippen LogP contribution >= 0.6 is 0 Å². The lowest BCUT2D eigenvalue weighted by Crippen LogP contribution is -2.54. The van der Waals surface area contributed by atoms with Crippen LogP contribution in [0.15, 0.2) is 11.6 Å². The minimum Gasteiger partial charge on any atom is -0.462 e. The van der Waals surface area contributed by atoms with Gasteiger partial charge in [-0.1, -0.05) is 40.7 Å². The molecule has 0 aromatic carbocycles. The van der Waals surface area contributed by atoms with Crippen LogP contribution in [0.3, 0.4) is 0 Å². The highest BCUT2D eigenvalue weighted by Gasteiger charge is 2.68. The van der Waals surface area contributed by atoms with Gasteiger partial charge in [0.25, 0.3) is 0 Å². The molecule has 0 aliphatic heterocycles. The van der Waals surface area contributed by atoms with Crippen molar-refractivity contribution in [1.82, 2.24) is 0 Å². The van der Waals surface area contributed by atoms with E-state index < -0.39 is 58.4 Å². The van der Waals surface area contributed by atoms with Crippen LogP contribution in [0.25, 0.3) is 0 Å². The van der Waals surface area contributed by atoms with Crippen molar-refractivity contribution in [2.45, 2.75) is 98.1 Å². The Bertz CT molecular complexity index is 766. The number of carbonyl (C=O) groups excluding carboxylic acids is 3. The number of ether oxygens (including phenoxy) is 2. The Morgan fingerprint density at radius 1 is 1.10 bits per heavy atom. The molecular weight excluding hydrogens is 400 g/mol. The summed E-state index contributed by atoms with van der Waals surface area (Å²) in [4.78, 5) is 38.6. The third-order valence-corrected chi connectivity index (χ3v) is 7.37. The van der Waals surface area contributed by atoms with Crippen LogP contribution in [0, 0.1) is 23.2 Å². The lowest BCUT2D eigenvalue weighted by Gasteiger charge is -2.45. The second-order valence-electron chi connectivity index (χ2n) is 10.4. The molecule has 31 heavy (non-hydrogen) atoms. The summed E-state index contributed by atoms with van der Waals surface area (Å²) in [6.07, 6.45) is -0.000297. The lowest BCUT2D eigenvalue weighted by atomic mass is 9.66. The molecule has 2 aliphatic rings. The van der Waals surface area contributed by atoms with Crippen molar-refractivity contribution in [3.63, 3.8) is 0 Å². The summed E-state index contributed by atoms with van der Waals surface area (Å²) in [6, 6.07) is 0. The fraction of sp³-hybridized carbons (Fsp3) is 0.792. The third kappa shape index (κ3) is 4.44. The van der Waals surface area contributed by atoms with Gasteiger partial charge < -0.3 is 19.7 Å². The van der Waals surface area contributed by atoms with Crippen LogP contribution < -0.4 is 0 Å². The molecule has 0 unspecified atom stereocenters. The fourth-order valence-electron chi connectivity index (χ4n) is 5.13. The number of esters is 2. The summed E-state index contributed by atoms with van der Waals surface area (Å²) in [6.45, 7) is 13.6. The Labute approximate surface area is 185 Å². The van der Waals surface area contributed by atoms with Gasteiger partial charge in [0.2, 0.25) is 5.78 Å². The van der Waals surface area contributed by atoms with Crippen molar-refractivity contribution < 1.29 is 34.1 Å². The first-order chi connectivity index (χ1) is 14.1. The zero-order chi connectivity index (χ0) is 23.9. The van der Waals surface area contributed by atoms with E-state index in [-0.39, 0.29) is 12.3 Å². The van der Waals surface area contributed by atoms with Crippen LogP contribution in [0.5, 0.6) is 0 Å². The van der Waals surface area contributed by atoms with Crippen molar-refractivity contribution in [2.75, 3.05) is 0 Å². The van der Waals surface area contributed by atoms with Crippen LogP contribution in [-0.4, -0.2) is 51.3 Å². The maximum atomic E-state index is 13.4. The van der Waals surface area contributed by atoms with Crippen LogP contribution in [0.1, 0.15) is 74.7 Å². The molecule has 7 heteroatoms. The van der Waals surface area contributed by atoms with Crippen LogP contribution in [0.4, 0.5) is 0 Å². The molecule has 0 aromatic rings. The summed E-state index contributed by atoms with van der Waals surface area (Å²) in [5.74, 6) is -3.04. The summed E-state index contributed by atoms with van der Waals surface area (Å²) < 4.78 is 11.5. The molecule has 0 bridgehead atoms. The van der Waals surface area contributed by atoms with Gasteiger partial charge in [0.15, 0.2) is 6.10 Å². The minimum atomic E-state index is -1.89. The summed E-state index contributed by atoms with van der Waals surface area (Å²) >= 11 is 0. The van der Waals surface area contributed by atoms with E-state index in [1.807, 2.05) is 13.8 Å². The molecule has 2 fully saturated rings. The highest BCUT2D eigenvalue weighted by Crippen LogP contribution is 2.59. The number of allylic oxidation sites excluding steroid dienone is 1. The van der Waals surface area contributed by atoms with Crippen molar-refractivity contribution in [1.29, 1.82) is 0 Å². The van der Waals surface area contributed by atoms with E-state index in [4.69, 9.17) is 9.47 Å². The van der Waals surface area contributed by atoms with Gasteiger partial charge >= 0.3 is 11.9 Å². The molecule has 0 spiro atoms. The molecule has 0 amide bonds. The number of ketones is 1. The molecule has 0 radical (unpaired) electrons. The van der Waals surface area contributed by atoms with Gasteiger partial charge in [-0.05, 0) is 39.5 Å². The second-order valence-corrected chi connectivity index (χ2v) is 10.4. The van der Waals surface area contributed by atoms with E-state index in [1.54, 1.807) is 40.7 Å². The Balaban J connectivity index is 2.65. The monoisotopic (exact) mass is 438 g/mol. The van der Waals surface area contributed by atoms with Crippen molar-refractivity contribution in [2.24, 2.45) is 23.2 Å². The Hall–Kier alpha value is -1.73. The average molecular weight is 439 g/mol. The van der Waals surface area contributed by atoms with E-state index in [9.17, 15) is 24.6 Å². The molecule has 0 heterocycles. The van der Waals surface area contributed by atoms with Gasteiger partial charge in [-0.15, -0.1) is 0 Å². The summed E-state index contributed by atoms with van der Waals surface area (Å²) in [5, 5.41) is 22.8. The number of hydrogen-bond donors (Lipinski definition) is 2. The third-order valence-electron chi connectivity index (χ3n) is 7.37. The SMILES string of the molecule is C/C=C(/C)C(=O)O[C@H]1C(=O)[C@](C)(O)C[C@@H](OC(=O)C(C)C)[C@H]2[C@@]1(C)CC[C@@]2(O)C(C)C. The van der Waals surface area contributed by atoms with E-state index in [0.717, 1.165) is 0 Å². The molecule has 0 saturated heterocycles. The highest BCUT2D eigenvalue weighted by molar-refractivity contribution is 5.96. The van der Waals surface area contributed by atoms with Gasteiger partial charge in [-0.25, -0.2) is 4.79 Å². The molecule has 7 nitrogen and oxygen atoms in total. The molecule has 0 aromatic heterocycles. The van der Waals surface area contributed by atoms with Gasteiger partial charge in [-0.2, -0.15) is 0 Å². The van der Waals surface area contributed by atoms with Gasteiger partial charge in [0.1, 0.15) is 11.7 Å². The van der Waals surface area contributed by atoms with Crippen molar-refractivity contribution >= 4 is 17.7 Å². The first-order valence-corrected chi connectivity index (χ1v) is 11.1. The second kappa shape index (κ2) is 8.66. The quantitative estimate of drug-likeness (QED) is 0.501. The van der Waals surface area contributed by atoms with E-state index in [0.29, 0.717) is 18.4 Å². The predicted octanol–water partition coefficient (Wildman–Crippen LogP) is 2.96. The number of Topliss-reactive ketones (excluding diaryl/α,β-unsaturated/α-hetero) is 1. The van der Waals surface area contributed by atoms with E-state index in [2.05, 4.69) is 0 Å². The maximum Gasteiger partial charge on any atom is 0.334 e. The highest BCUT2D eigenvalue weighted by atomic mass is 16.6.